The third-order valence-electron chi connectivity index (χ3n) is 4.55. The van der Waals surface area contributed by atoms with Crippen LogP contribution in [-0.4, -0.2) is 54.3 Å². The van der Waals surface area contributed by atoms with Gasteiger partial charge < -0.3 is 14.6 Å². The van der Waals surface area contributed by atoms with Crippen LogP contribution in [0.5, 0.6) is 0 Å². The van der Waals surface area contributed by atoms with Crippen molar-refractivity contribution in [3.8, 4) is 0 Å². The number of piperazine rings is 1. The first-order chi connectivity index (χ1) is 13.2. The number of furan rings is 1. The predicted molar refractivity (Wildman–Crippen MR) is 104 cm³/mol. The minimum Gasteiger partial charge on any atom is -0.467 e. The normalized spacial score (nSPS) is 15.2. The van der Waals surface area contributed by atoms with E-state index in [-0.39, 0.29) is 18.2 Å². The van der Waals surface area contributed by atoms with Gasteiger partial charge in [0.05, 0.1) is 12.8 Å². The lowest BCUT2D eigenvalue weighted by Gasteiger charge is -2.34. The molecule has 1 fully saturated rings. The molecule has 6 heteroatoms. The van der Waals surface area contributed by atoms with Crippen molar-refractivity contribution in [2.75, 3.05) is 32.7 Å². The zero-order valence-electron chi connectivity index (χ0n) is 15.3. The minimum atomic E-state index is -0.273. The molecule has 2 amide bonds. The highest BCUT2D eigenvalue weighted by Crippen LogP contribution is 2.06. The Kier molecular flexibility index (Phi) is 6.82. The van der Waals surface area contributed by atoms with Gasteiger partial charge in [-0.1, -0.05) is 42.5 Å². The van der Waals surface area contributed by atoms with Gasteiger partial charge in [-0.3, -0.25) is 14.5 Å². The zero-order valence-corrected chi connectivity index (χ0v) is 15.3. The molecule has 0 radical (unpaired) electrons. The molecule has 1 aliphatic rings. The van der Waals surface area contributed by atoms with Gasteiger partial charge in [-0.25, -0.2) is 0 Å². The van der Waals surface area contributed by atoms with Crippen LogP contribution in [0.1, 0.15) is 17.7 Å². The summed E-state index contributed by atoms with van der Waals surface area (Å²) in [6, 6.07) is 13.7. The minimum absolute atomic E-state index is 0.116. The Hall–Kier alpha value is -2.86. The van der Waals surface area contributed by atoms with Crippen LogP contribution in [0.2, 0.25) is 0 Å². The fourth-order valence-electron chi connectivity index (χ4n) is 2.99. The molecule has 1 aromatic carbocycles. The van der Waals surface area contributed by atoms with Crippen molar-refractivity contribution >= 4 is 17.9 Å². The Morgan fingerprint density at radius 2 is 1.81 bits per heavy atom. The highest BCUT2D eigenvalue weighted by molar-refractivity contribution is 5.96. The second-order valence-electron chi connectivity index (χ2n) is 6.53. The van der Waals surface area contributed by atoms with Gasteiger partial charge in [0.15, 0.2) is 0 Å². The molecule has 0 saturated carbocycles. The second-order valence-corrected chi connectivity index (χ2v) is 6.53. The fraction of sp³-hybridized carbons (Fsp3) is 0.333. The van der Waals surface area contributed by atoms with E-state index >= 15 is 0 Å². The molecule has 0 bridgehead atoms. The van der Waals surface area contributed by atoms with Gasteiger partial charge in [0, 0.05) is 32.7 Å². The van der Waals surface area contributed by atoms with Crippen molar-refractivity contribution in [2.45, 2.75) is 13.0 Å². The van der Waals surface area contributed by atoms with E-state index in [0.717, 1.165) is 19.6 Å². The summed E-state index contributed by atoms with van der Waals surface area (Å²) in [6.45, 7) is 4.12. The maximum absolute atomic E-state index is 12.3. The molecular formula is C21H25N3O3. The summed E-state index contributed by atoms with van der Waals surface area (Å²) in [7, 11) is 0. The topological polar surface area (TPSA) is 65.8 Å². The number of carbonyl (C=O) groups is 2. The van der Waals surface area contributed by atoms with Crippen LogP contribution in [0, 0.1) is 0 Å². The fourth-order valence-corrected chi connectivity index (χ4v) is 2.99. The van der Waals surface area contributed by atoms with Crippen LogP contribution in [0.25, 0.3) is 6.08 Å². The lowest BCUT2D eigenvalue weighted by Crippen LogP contribution is -2.49. The lowest BCUT2D eigenvalue weighted by atomic mass is 10.2. The molecule has 142 valence electrons. The van der Waals surface area contributed by atoms with E-state index in [1.165, 1.54) is 5.56 Å². The molecule has 27 heavy (non-hydrogen) atoms. The first kappa shape index (κ1) is 18.9. The molecule has 2 heterocycles. The van der Waals surface area contributed by atoms with Gasteiger partial charge in [0.25, 0.3) is 0 Å². The molecule has 3 rings (SSSR count). The van der Waals surface area contributed by atoms with E-state index in [4.69, 9.17) is 4.42 Å². The number of rotatable bonds is 7. The number of nitrogens with one attached hydrogen (secondary N) is 1. The highest BCUT2D eigenvalue weighted by Gasteiger charge is 2.22. The maximum atomic E-state index is 12.3. The zero-order chi connectivity index (χ0) is 18.9. The van der Waals surface area contributed by atoms with Gasteiger partial charge in [-0.05, 0) is 17.7 Å². The number of nitrogens with zero attached hydrogens (tertiary/aromatic N) is 2. The third kappa shape index (κ3) is 6.11. The number of benzene rings is 1. The summed E-state index contributed by atoms with van der Waals surface area (Å²) >= 11 is 0. The Bertz CT molecular complexity index is 748. The van der Waals surface area contributed by atoms with Crippen molar-refractivity contribution in [3.63, 3.8) is 0 Å². The molecule has 6 nitrogen and oxygen atoms in total. The number of hydrogen-bond donors (Lipinski definition) is 1. The third-order valence-corrected chi connectivity index (χ3v) is 4.55. The number of hydrogen-bond acceptors (Lipinski definition) is 4. The largest absolute Gasteiger partial charge is 0.467 e. The molecule has 0 spiro atoms. The van der Waals surface area contributed by atoms with E-state index in [9.17, 15) is 9.59 Å². The Balaban J connectivity index is 1.35. The molecule has 0 atom stereocenters. The van der Waals surface area contributed by atoms with Gasteiger partial charge in [-0.2, -0.15) is 0 Å². The van der Waals surface area contributed by atoms with E-state index in [2.05, 4.69) is 34.5 Å². The molecule has 1 N–H and O–H groups in total. The second kappa shape index (κ2) is 9.73. The molecule has 1 aliphatic heterocycles. The van der Waals surface area contributed by atoms with Crippen LogP contribution >= 0.6 is 0 Å². The van der Waals surface area contributed by atoms with Crippen LogP contribution < -0.4 is 5.32 Å². The van der Waals surface area contributed by atoms with Gasteiger partial charge in [0.1, 0.15) is 12.2 Å². The van der Waals surface area contributed by atoms with E-state index < -0.39 is 0 Å². The van der Waals surface area contributed by atoms with E-state index in [1.807, 2.05) is 18.2 Å². The summed E-state index contributed by atoms with van der Waals surface area (Å²) in [5.74, 6) is 0.281. The summed E-state index contributed by atoms with van der Waals surface area (Å²) < 4.78 is 5.16. The first-order valence-corrected chi connectivity index (χ1v) is 9.21. The molecule has 0 unspecified atom stereocenters. The standard InChI is InChI=1S/C21H25N3O3/c25-20(22-17-19-9-5-15-27-19)16-21(26)24-13-11-23(12-14-24)10-4-8-18-6-2-1-3-7-18/h1-9,15H,10-14,16-17H2,(H,22,25)/b8-4+. The highest BCUT2D eigenvalue weighted by atomic mass is 16.3. The monoisotopic (exact) mass is 367 g/mol. The Morgan fingerprint density at radius 3 is 2.52 bits per heavy atom. The van der Waals surface area contributed by atoms with Crippen LogP contribution in [-0.2, 0) is 16.1 Å². The SMILES string of the molecule is O=C(CC(=O)N1CCN(C/C=C/c2ccccc2)CC1)NCc1ccco1. The maximum Gasteiger partial charge on any atom is 0.232 e. The molecule has 0 aliphatic carbocycles. The Labute approximate surface area is 159 Å². The van der Waals surface area contributed by atoms with Crippen molar-refractivity contribution in [2.24, 2.45) is 0 Å². The molecular weight excluding hydrogens is 342 g/mol. The number of carbonyl (C=O) groups excluding carboxylic acids is 2. The average molecular weight is 367 g/mol. The first-order valence-electron chi connectivity index (χ1n) is 9.21. The summed E-state index contributed by atoms with van der Waals surface area (Å²) in [5, 5.41) is 2.71. The summed E-state index contributed by atoms with van der Waals surface area (Å²) in [4.78, 5) is 28.3. The van der Waals surface area contributed by atoms with Gasteiger partial charge >= 0.3 is 0 Å². The van der Waals surface area contributed by atoms with Crippen molar-refractivity contribution in [1.29, 1.82) is 0 Å². The van der Waals surface area contributed by atoms with Gasteiger partial charge in [0.2, 0.25) is 11.8 Å². The predicted octanol–water partition coefficient (Wildman–Crippen LogP) is 2.14. The van der Waals surface area contributed by atoms with Crippen LogP contribution in [0.4, 0.5) is 0 Å². The number of amides is 2. The van der Waals surface area contributed by atoms with Crippen LogP contribution in [0.3, 0.4) is 0 Å². The smallest absolute Gasteiger partial charge is 0.232 e. The van der Waals surface area contributed by atoms with E-state index in [1.54, 1.807) is 23.3 Å². The molecule has 2 aromatic rings. The van der Waals surface area contributed by atoms with Crippen molar-refractivity contribution in [3.05, 3.63) is 66.1 Å². The van der Waals surface area contributed by atoms with Crippen molar-refractivity contribution in [1.82, 2.24) is 15.1 Å². The van der Waals surface area contributed by atoms with E-state index in [0.29, 0.717) is 25.4 Å². The Morgan fingerprint density at radius 1 is 1.04 bits per heavy atom. The lowest BCUT2D eigenvalue weighted by molar-refractivity contribution is -0.137. The average Bonchev–Trinajstić information content (AvgIpc) is 3.21. The quantitative estimate of drug-likeness (QED) is 0.762. The van der Waals surface area contributed by atoms with Crippen molar-refractivity contribution < 1.29 is 14.0 Å². The summed E-state index contributed by atoms with van der Waals surface area (Å²) in [6.07, 6.45) is 5.70. The van der Waals surface area contributed by atoms with Crippen LogP contribution in [0.15, 0.2) is 59.2 Å². The molecule has 1 aromatic heterocycles. The summed E-state index contributed by atoms with van der Waals surface area (Å²) in [5.41, 5.74) is 1.19. The van der Waals surface area contributed by atoms with Gasteiger partial charge in [-0.15, -0.1) is 0 Å². The molecule has 1 saturated heterocycles.